The quantitative estimate of drug-likeness (QED) is 0.726. The molecule has 0 unspecified atom stereocenters. The number of Topliss-reactive ketones (excluding diaryl/α,β-unsaturated/α-hetero) is 1. The summed E-state index contributed by atoms with van der Waals surface area (Å²) in [6.45, 7) is 0. The standard InChI is InChI=1S/C18H18O2/c1-20-17-13-11-15(12-14-17)7-5-6-10-18(19)16-8-3-2-4-9-16/h2-5,7-9,11-14H,6,10H2,1H3/b7-5+. The summed E-state index contributed by atoms with van der Waals surface area (Å²) in [5.74, 6) is 1.03. The van der Waals surface area contributed by atoms with Crippen LogP contribution in [0.3, 0.4) is 0 Å². The zero-order valence-corrected chi connectivity index (χ0v) is 11.6. The molecule has 2 nitrogen and oxygen atoms in total. The molecule has 0 saturated heterocycles. The molecule has 0 N–H and O–H groups in total. The van der Waals surface area contributed by atoms with Gasteiger partial charge in [0.1, 0.15) is 5.75 Å². The second-order valence-corrected chi connectivity index (χ2v) is 4.50. The Hall–Kier alpha value is -2.35. The number of hydrogen-bond acceptors (Lipinski definition) is 2. The maximum Gasteiger partial charge on any atom is 0.163 e. The van der Waals surface area contributed by atoms with Crippen LogP contribution < -0.4 is 4.74 Å². The lowest BCUT2D eigenvalue weighted by molar-refractivity contribution is 0.0984. The van der Waals surface area contributed by atoms with Gasteiger partial charge in [-0.2, -0.15) is 0 Å². The Bertz CT molecular complexity index is 568. The van der Waals surface area contributed by atoms with E-state index in [0.717, 1.165) is 23.3 Å². The summed E-state index contributed by atoms with van der Waals surface area (Å²) in [4.78, 5) is 11.9. The van der Waals surface area contributed by atoms with Crippen molar-refractivity contribution in [2.45, 2.75) is 12.8 Å². The fourth-order valence-corrected chi connectivity index (χ4v) is 1.92. The van der Waals surface area contributed by atoms with Crippen LogP contribution in [0.25, 0.3) is 6.08 Å². The maximum absolute atomic E-state index is 11.9. The summed E-state index contributed by atoms with van der Waals surface area (Å²) in [7, 11) is 1.65. The lowest BCUT2D eigenvalue weighted by atomic mass is 10.1. The van der Waals surface area contributed by atoms with E-state index in [1.807, 2.05) is 66.7 Å². The van der Waals surface area contributed by atoms with Crippen molar-refractivity contribution in [1.29, 1.82) is 0 Å². The molecule has 0 spiro atoms. The van der Waals surface area contributed by atoms with E-state index < -0.39 is 0 Å². The number of carbonyl (C=O) groups is 1. The predicted octanol–water partition coefficient (Wildman–Crippen LogP) is 4.37. The van der Waals surface area contributed by atoms with Crippen LogP contribution in [0.15, 0.2) is 60.7 Å². The van der Waals surface area contributed by atoms with Crippen LogP contribution in [0, 0.1) is 0 Å². The summed E-state index contributed by atoms with van der Waals surface area (Å²) < 4.78 is 5.11. The van der Waals surface area contributed by atoms with E-state index in [1.165, 1.54) is 0 Å². The number of benzene rings is 2. The fourth-order valence-electron chi connectivity index (χ4n) is 1.92. The second-order valence-electron chi connectivity index (χ2n) is 4.50. The Kier molecular flexibility index (Phi) is 5.13. The van der Waals surface area contributed by atoms with E-state index in [-0.39, 0.29) is 5.78 Å². The number of carbonyl (C=O) groups excluding carboxylic acids is 1. The molecule has 0 aliphatic heterocycles. The van der Waals surface area contributed by atoms with Crippen LogP contribution in [-0.2, 0) is 0 Å². The van der Waals surface area contributed by atoms with Crippen LogP contribution in [0.5, 0.6) is 5.75 Å². The van der Waals surface area contributed by atoms with Gasteiger partial charge in [-0.15, -0.1) is 0 Å². The molecule has 2 rings (SSSR count). The van der Waals surface area contributed by atoms with Crippen molar-refractivity contribution < 1.29 is 9.53 Å². The van der Waals surface area contributed by atoms with E-state index in [2.05, 4.69) is 0 Å². The first-order valence-corrected chi connectivity index (χ1v) is 6.68. The molecule has 2 aromatic rings. The first kappa shape index (κ1) is 14.1. The largest absolute Gasteiger partial charge is 0.497 e. The Morgan fingerprint density at radius 1 is 1.05 bits per heavy atom. The number of ether oxygens (including phenoxy) is 1. The Balaban J connectivity index is 1.83. The molecule has 102 valence electrons. The predicted molar refractivity (Wildman–Crippen MR) is 82.0 cm³/mol. The van der Waals surface area contributed by atoms with Crippen LogP contribution in [0.4, 0.5) is 0 Å². The zero-order valence-electron chi connectivity index (χ0n) is 11.6. The number of rotatable bonds is 6. The summed E-state index contributed by atoms with van der Waals surface area (Å²) in [5, 5.41) is 0. The highest BCUT2D eigenvalue weighted by Gasteiger charge is 2.02. The van der Waals surface area contributed by atoms with Gasteiger partial charge in [-0.3, -0.25) is 4.79 Å². The molecule has 2 aromatic carbocycles. The smallest absolute Gasteiger partial charge is 0.163 e. The molecule has 0 fully saturated rings. The molecule has 2 heteroatoms. The Labute approximate surface area is 119 Å². The van der Waals surface area contributed by atoms with Crippen molar-refractivity contribution in [3.8, 4) is 5.75 Å². The monoisotopic (exact) mass is 266 g/mol. The van der Waals surface area contributed by atoms with Gasteiger partial charge in [0.2, 0.25) is 0 Å². The van der Waals surface area contributed by atoms with Crippen molar-refractivity contribution in [3.05, 3.63) is 71.8 Å². The molecule has 0 bridgehead atoms. The minimum atomic E-state index is 0.185. The zero-order chi connectivity index (χ0) is 14.2. The van der Waals surface area contributed by atoms with Crippen LogP contribution in [0.2, 0.25) is 0 Å². The number of allylic oxidation sites excluding steroid dienone is 1. The molecule has 0 amide bonds. The van der Waals surface area contributed by atoms with Gasteiger partial charge in [0.25, 0.3) is 0 Å². The van der Waals surface area contributed by atoms with Gasteiger partial charge < -0.3 is 4.74 Å². The average Bonchev–Trinajstić information content (AvgIpc) is 2.53. The molecule has 0 heterocycles. The van der Waals surface area contributed by atoms with Crippen LogP contribution in [-0.4, -0.2) is 12.9 Å². The third kappa shape index (κ3) is 4.09. The lowest BCUT2D eigenvalue weighted by Crippen LogP contribution is -1.97. The molecular formula is C18H18O2. The number of ketones is 1. The molecule has 0 atom stereocenters. The van der Waals surface area contributed by atoms with E-state index in [4.69, 9.17) is 4.74 Å². The van der Waals surface area contributed by atoms with E-state index in [9.17, 15) is 4.79 Å². The van der Waals surface area contributed by atoms with Gasteiger partial charge in [0, 0.05) is 12.0 Å². The summed E-state index contributed by atoms with van der Waals surface area (Å²) in [6.07, 6.45) is 5.34. The van der Waals surface area contributed by atoms with Gasteiger partial charge in [0.15, 0.2) is 5.78 Å². The highest BCUT2D eigenvalue weighted by Crippen LogP contribution is 2.13. The number of methoxy groups -OCH3 is 1. The SMILES string of the molecule is COc1ccc(/C=C/CCC(=O)c2ccccc2)cc1. The Morgan fingerprint density at radius 3 is 2.40 bits per heavy atom. The third-order valence-electron chi connectivity index (χ3n) is 3.06. The molecule has 0 saturated carbocycles. The number of hydrogen-bond donors (Lipinski definition) is 0. The first-order valence-electron chi connectivity index (χ1n) is 6.68. The highest BCUT2D eigenvalue weighted by molar-refractivity contribution is 5.96. The van der Waals surface area contributed by atoms with Crippen molar-refractivity contribution in [3.63, 3.8) is 0 Å². The minimum Gasteiger partial charge on any atom is -0.497 e. The van der Waals surface area contributed by atoms with Crippen LogP contribution >= 0.6 is 0 Å². The van der Waals surface area contributed by atoms with E-state index in [0.29, 0.717) is 6.42 Å². The minimum absolute atomic E-state index is 0.185. The lowest BCUT2D eigenvalue weighted by Gasteiger charge is -1.99. The summed E-state index contributed by atoms with van der Waals surface area (Å²) in [6, 6.07) is 17.2. The van der Waals surface area contributed by atoms with Crippen molar-refractivity contribution in [2.24, 2.45) is 0 Å². The molecule has 0 radical (unpaired) electrons. The Morgan fingerprint density at radius 2 is 1.75 bits per heavy atom. The average molecular weight is 266 g/mol. The van der Waals surface area contributed by atoms with E-state index >= 15 is 0 Å². The van der Waals surface area contributed by atoms with Crippen LogP contribution in [0.1, 0.15) is 28.8 Å². The van der Waals surface area contributed by atoms with Gasteiger partial charge in [0.05, 0.1) is 7.11 Å². The normalized spacial score (nSPS) is 10.7. The third-order valence-corrected chi connectivity index (χ3v) is 3.06. The molecule has 0 aliphatic carbocycles. The summed E-state index contributed by atoms with van der Waals surface area (Å²) >= 11 is 0. The van der Waals surface area contributed by atoms with Gasteiger partial charge >= 0.3 is 0 Å². The van der Waals surface area contributed by atoms with E-state index in [1.54, 1.807) is 7.11 Å². The molecule has 0 aromatic heterocycles. The molecule has 20 heavy (non-hydrogen) atoms. The van der Waals surface area contributed by atoms with Gasteiger partial charge in [-0.05, 0) is 24.1 Å². The van der Waals surface area contributed by atoms with Crippen molar-refractivity contribution in [2.75, 3.05) is 7.11 Å². The topological polar surface area (TPSA) is 26.3 Å². The van der Waals surface area contributed by atoms with Gasteiger partial charge in [-0.1, -0.05) is 54.6 Å². The highest BCUT2D eigenvalue weighted by atomic mass is 16.5. The maximum atomic E-state index is 11.9. The molecular weight excluding hydrogens is 248 g/mol. The first-order chi connectivity index (χ1) is 9.79. The van der Waals surface area contributed by atoms with Crippen molar-refractivity contribution in [1.82, 2.24) is 0 Å². The van der Waals surface area contributed by atoms with Crippen molar-refractivity contribution >= 4 is 11.9 Å². The second kappa shape index (κ2) is 7.29. The fraction of sp³-hybridized carbons (Fsp3) is 0.167. The molecule has 0 aliphatic rings. The van der Waals surface area contributed by atoms with Gasteiger partial charge in [-0.25, -0.2) is 0 Å². The summed E-state index contributed by atoms with van der Waals surface area (Å²) in [5.41, 5.74) is 1.89.